The number of sulfonamides is 1. The Labute approximate surface area is 150 Å². The van der Waals surface area contributed by atoms with Gasteiger partial charge in [0.15, 0.2) is 0 Å². The lowest BCUT2D eigenvalue weighted by Gasteiger charge is -2.13. The maximum absolute atomic E-state index is 12.4. The lowest BCUT2D eigenvalue weighted by Crippen LogP contribution is -2.27. The highest BCUT2D eigenvalue weighted by atomic mass is 35.5. The molecule has 3 rings (SSSR count). The van der Waals surface area contributed by atoms with Crippen molar-refractivity contribution in [3.8, 4) is 5.75 Å². The summed E-state index contributed by atoms with van der Waals surface area (Å²) in [5, 5.41) is 0.248. The monoisotopic (exact) mass is 384 g/mol. The van der Waals surface area contributed by atoms with E-state index in [1.807, 2.05) is 0 Å². The number of amides is 1. The Morgan fingerprint density at radius 1 is 1.24 bits per heavy atom. The smallest absolute Gasteiger partial charge is 0.276 e. The number of benzene rings is 1. The van der Waals surface area contributed by atoms with E-state index in [1.54, 1.807) is 6.07 Å². The van der Waals surface area contributed by atoms with Gasteiger partial charge in [0.25, 0.3) is 15.9 Å². The molecule has 1 aromatic carbocycles. The van der Waals surface area contributed by atoms with Crippen molar-refractivity contribution >= 4 is 27.5 Å². The van der Waals surface area contributed by atoms with Gasteiger partial charge in [0.1, 0.15) is 18.1 Å². The standard InChI is InChI=1S/C16H17ClN2O5S/c17-11-3-5-14(13(9-11)16(18)20)23-10-12-4-6-15(24-12)25(21,22)19-7-1-2-8-19/h3-6,9H,1-2,7-8,10H2,(H2,18,20). The van der Waals surface area contributed by atoms with Crippen LogP contribution in [0.4, 0.5) is 0 Å². The Kier molecular flexibility index (Phi) is 5.03. The number of carbonyl (C=O) groups is 1. The molecule has 0 atom stereocenters. The second-order valence-electron chi connectivity index (χ2n) is 5.63. The Hall–Kier alpha value is -2.03. The van der Waals surface area contributed by atoms with Crippen LogP contribution in [0.1, 0.15) is 29.0 Å². The normalized spacial score (nSPS) is 15.4. The minimum absolute atomic E-state index is 0.0442. The summed E-state index contributed by atoms with van der Waals surface area (Å²) in [4.78, 5) is 11.4. The lowest BCUT2D eigenvalue weighted by molar-refractivity contribution is 0.0995. The van der Waals surface area contributed by atoms with Crippen molar-refractivity contribution in [1.29, 1.82) is 0 Å². The van der Waals surface area contributed by atoms with Gasteiger partial charge in [-0.25, -0.2) is 8.42 Å². The molecule has 1 fully saturated rings. The minimum atomic E-state index is -3.61. The molecule has 0 saturated carbocycles. The summed E-state index contributed by atoms with van der Waals surface area (Å²) >= 11 is 5.84. The molecular formula is C16H17ClN2O5S. The number of ether oxygens (including phenoxy) is 1. The van der Waals surface area contributed by atoms with Crippen molar-refractivity contribution in [2.45, 2.75) is 24.5 Å². The van der Waals surface area contributed by atoms with Gasteiger partial charge >= 0.3 is 0 Å². The quantitative estimate of drug-likeness (QED) is 0.823. The predicted molar refractivity (Wildman–Crippen MR) is 91.0 cm³/mol. The van der Waals surface area contributed by atoms with Gasteiger partial charge < -0.3 is 14.9 Å². The summed E-state index contributed by atoms with van der Waals surface area (Å²) in [5.41, 5.74) is 5.44. The van der Waals surface area contributed by atoms with Crippen molar-refractivity contribution in [2.75, 3.05) is 13.1 Å². The highest BCUT2D eigenvalue weighted by Gasteiger charge is 2.30. The van der Waals surface area contributed by atoms with Crippen LogP contribution >= 0.6 is 11.6 Å². The van der Waals surface area contributed by atoms with Crippen LogP contribution < -0.4 is 10.5 Å². The van der Waals surface area contributed by atoms with Gasteiger partial charge in [-0.3, -0.25) is 4.79 Å². The average molecular weight is 385 g/mol. The highest BCUT2D eigenvalue weighted by molar-refractivity contribution is 7.89. The number of hydrogen-bond donors (Lipinski definition) is 1. The van der Waals surface area contributed by atoms with Crippen LogP contribution in [-0.4, -0.2) is 31.7 Å². The van der Waals surface area contributed by atoms with Crippen LogP contribution in [0.15, 0.2) is 39.8 Å². The van der Waals surface area contributed by atoms with Crippen molar-refractivity contribution in [3.05, 3.63) is 46.7 Å². The highest BCUT2D eigenvalue weighted by Crippen LogP contribution is 2.26. The van der Waals surface area contributed by atoms with Gasteiger partial charge in [-0.15, -0.1) is 0 Å². The summed E-state index contributed by atoms with van der Waals surface area (Å²) in [7, 11) is -3.61. The van der Waals surface area contributed by atoms with E-state index in [2.05, 4.69) is 0 Å². The zero-order valence-corrected chi connectivity index (χ0v) is 14.8. The molecule has 9 heteroatoms. The summed E-state index contributed by atoms with van der Waals surface area (Å²) in [6.45, 7) is 0.959. The van der Waals surface area contributed by atoms with E-state index in [-0.39, 0.29) is 23.0 Å². The van der Waals surface area contributed by atoms with Crippen LogP contribution in [0.5, 0.6) is 5.75 Å². The molecule has 0 spiro atoms. The first kappa shape index (κ1) is 17.8. The third-order valence-corrected chi connectivity index (χ3v) is 5.88. The van der Waals surface area contributed by atoms with E-state index < -0.39 is 15.9 Å². The molecule has 2 heterocycles. The molecule has 1 saturated heterocycles. The number of carbonyl (C=O) groups excluding carboxylic acids is 1. The fraction of sp³-hybridized carbons (Fsp3) is 0.312. The SMILES string of the molecule is NC(=O)c1cc(Cl)ccc1OCc1ccc(S(=O)(=O)N2CCCC2)o1. The first-order valence-corrected chi connectivity index (χ1v) is 9.51. The third-order valence-electron chi connectivity index (χ3n) is 3.87. The largest absolute Gasteiger partial charge is 0.485 e. The number of nitrogens with two attached hydrogens (primary N) is 1. The van der Waals surface area contributed by atoms with E-state index in [0.717, 1.165) is 12.8 Å². The molecule has 0 radical (unpaired) electrons. The van der Waals surface area contributed by atoms with E-state index >= 15 is 0 Å². The second-order valence-corrected chi connectivity index (χ2v) is 7.93. The maximum atomic E-state index is 12.4. The van der Waals surface area contributed by atoms with Crippen LogP contribution in [0.2, 0.25) is 5.02 Å². The number of primary amides is 1. The third kappa shape index (κ3) is 3.81. The van der Waals surface area contributed by atoms with Crippen LogP contribution in [0, 0.1) is 0 Å². The number of furan rings is 1. The van der Waals surface area contributed by atoms with Gasteiger partial charge in [0.05, 0.1) is 5.56 Å². The van der Waals surface area contributed by atoms with Crippen LogP contribution in [-0.2, 0) is 16.6 Å². The summed E-state index contributed by atoms with van der Waals surface area (Å²) in [5.74, 6) is -0.102. The van der Waals surface area contributed by atoms with Gasteiger partial charge in [-0.2, -0.15) is 4.31 Å². The molecule has 2 N–H and O–H groups in total. The summed E-state index contributed by atoms with van der Waals surface area (Å²) < 4.78 is 37.2. The van der Waals surface area contributed by atoms with Crippen molar-refractivity contribution < 1.29 is 22.4 Å². The molecular weight excluding hydrogens is 368 g/mol. The van der Waals surface area contributed by atoms with E-state index in [0.29, 0.717) is 23.9 Å². The molecule has 2 aromatic rings. The summed E-state index contributed by atoms with van der Waals surface area (Å²) in [6.07, 6.45) is 1.70. The first-order chi connectivity index (χ1) is 11.9. The Morgan fingerprint density at radius 2 is 1.96 bits per heavy atom. The fourth-order valence-corrected chi connectivity index (χ4v) is 4.22. The minimum Gasteiger partial charge on any atom is -0.485 e. The lowest BCUT2D eigenvalue weighted by atomic mass is 10.2. The van der Waals surface area contributed by atoms with E-state index in [9.17, 15) is 13.2 Å². The van der Waals surface area contributed by atoms with Gasteiger partial charge in [0.2, 0.25) is 5.09 Å². The van der Waals surface area contributed by atoms with Gasteiger partial charge in [0, 0.05) is 18.1 Å². The zero-order chi connectivity index (χ0) is 18.0. The molecule has 1 aliphatic rings. The Bertz CT molecular complexity index is 888. The molecule has 134 valence electrons. The van der Waals surface area contributed by atoms with Crippen molar-refractivity contribution in [1.82, 2.24) is 4.31 Å². The molecule has 0 aliphatic carbocycles. The Balaban J connectivity index is 1.73. The predicted octanol–water partition coefficient (Wildman–Crippen LogP) is 2.40. The maximum Gasteiger partial charge on any atom is 0.276 e. The van der Waals surface area contributed by atoms with Crippen LogP contribution in [0.3, 0.4) is 0 Å². The topological polar surface area (TPSA) is 103 Å². The number of halogens is 1. The van der Waals surface area contributed by atoms with Gasteiger partial charge in [-0.05, 0) is 43.2 Å². The molecule has 1 amide bonds. The molecule has 1 aromatic heterocycles. The molecule has 25 heavy (non-hydrogen) atoms. The van der Waals surface area contributed by atoms with Crippen molar-refractivity contribution in [3.63, 3.8) is 0 Å². The zero-order valence-electron chi connectivity index (χ0n) is 13.3. The van der Waals surface area contributed by atoms with E-state index in [4.69, 9.17) is 26.5 Å². The molecule has 1 aliphatic heterocycles. The first-order valence-electron chi connectivity index (χ1n) is 7.69. The fourth-order valence-electron chi connectivity index (χ4n) is 2.60. The van der Waals surface area contributed by atoms with E-state index in [1.165, 1.54) is 28.6 Å². The Morgan fingerprint density at radius 3 is 2.64 bits per heavy atom. The van der Waals surface area contributed by atoms with Crippen LogP contribution in [0.25, 0.3) is 0 Å². The molecule has 0 unspecified atom stereocenters. The summed E-state index contributed by atoms with van der Waals surface area (Å²) in [6, 6.07) is 7.43. The number of hydrogen-bond acceptors (Lipinski definition) is 5. The van der Waals surface area contributed by atoms with Crippen molar-refractivity contribution in [2.24, 2.45) is 5.73 Å². The average Bonchev–Trinajstić information content (AvgIpc) is 3.25. The van der Waals surface area contributed by atoms with Gasteiger partial charge in [-0.1, -0.05) is 11.6 Å². The molecule has 0 bridgehead atoms. The number of nitrogens with zero attached hydrogens (tertiary/aromatic N) is 1. The number of rotatable bonds is 6. The molecule has 7 nitrogen and oxygen atoms in total. The second kappa shape index (κ2) is 7.07.